The van der Waals surface area contributed by atoms with Crippen LogP contribution in [0, 0.1) is 0 Å². The van der Waals surface area contributed by atoms with Gasteiger partial charge in [0.2, 0.25) is 5.75 Å². The topological polar surface area (TPSA) is 105 Å². The summed E-state index contributed by atoms with van der Waals surface area (Å²) in [5.41, 5.74) is 3.26. The van der Waals surface area contributed by atoms with E-state index >= 15 is 0 Å². The summed E-state index contributed by atoms with van der Waals surface area (Å²) in [6, 6.07) is 20.2. The van der Waals surface area contributed by atoms with Gasteiger partial charge in [-0.25, -0.2) is 0 Å². The lowest BCUT2D eigenvalue weighted by Crippen LogP contribution is -2.40. The first-order valence-corrected chi connectivity index (χ1v) is 13.8. The van der Waals surface area contributed by atoms with Crippen molar-refractivity contribution in [2.24, 2.45) is 0 Å². The number of benzene rings is 4. The van der Waals surface area contributed by atoms with Crippen molar-refractivity contribution in [3.8, 4) is 45.6 Å². The predicted molar refractivity (Wildman–Crippen MR) is 165 cm³/mol. The van der Waals surface area contributed by atoms with E-state index in [4.69, 9.17) is 28.4 Å². The fraction of sp³-hybridized carbons (Fsp3) is 0.235. The number of hydrogen-bond acceptors (Lipinski definition) is 8. The van der Waals surface area contributed by atoms with Crippen LogP contribution in [-0.4, -0.2) is 59.4 Å². The van der Waals surface area contributed by atoms with E-state index in [0.29, 0.717) is 62.4 Å². The SMILES string of the molecule is COc1ccc(CN2C(=O)c3cc(OC)c(OC)c(OC)c3-c3ccc(OC)cc3C2C(=O)Nc2ccc(OC)cc2)cc1. The Morgan fingerprint density at radius 3 is 1.84 bits per heavy atom. The molecule has 44 heavy (non-hydrogen) atoms. The number of nitrogens with one attached hydrogen (secondary N) is 1. The van der Waals surface area contributed by atoms with Crippen LogP contribution in [0.1, 0.15) is 27.5 Å². The number of anilines is 1. The molecule has 1 N–H and O–H groups in total. The lowest BCUT2D eigenvalue weighted by atomic mass is 9.91. The van der Waals surface area contributed by atoms with E-state index in [1.54, 1.807) is 63.8 Å². The van der Waals surface area contributed by atoms with Crippen molar-refractivity contribution in [3.05, 3.63) is 89.5 Å². The molecule has 0 aromatic heterocycles. The Kier molecular flexibility index (Phi) is 8.80. The van der Waals surface area contributed by atoms with Gasteiger partial charge in [-0.15, -0.1) is 0 Å². The molecule has 10 heteroatoms. The quantitative estimate of drug-likeness (QED) is 0.247. The van der Waals surface area contributed by atoms with Crippen molar-refractivity contribution in [2.45, 2.75) is 12.6 Å². The monoisotopic (exact) mass is 598 g/mol. The number of nitrogens with zero attached hydrogens (tertiary/aromatic N) is 1. The summed E-state index contributed by atoms with van der Waals surface area (Å²) < 4.78 is 33.3. The van der Waals surface area contributed by atoms with Gasteiger partial charge in [-0.2, -0.15) is 0 Å². The summed E-state index contributed by atoms with van der Waals surface area (Å²) in [6.07, 6.45) is 0. The van der Waals surface area contributed by atoms with Crippen molar-refractivity contribution < 1.29 is 38.0 Å². The third kappa shape index (κ3) is 5.54. The molecule has 0 radical (unpaired) electrons. The Morgan fingerprint density at radius 1 is 0.682 bits per heavy atom. The van der Waals surface area contributed by atoms with Crippen LogP contribution in [0.25, 0.3) is 11.1 Å². The molecule has 0 saturated heterocycles. The maximum atomic E-state index is 14.7. The van der Waals surface area contributed by atoms with E-state index in [1.165, 1.54) is 26.2 Å². The van der Waals surface area contributed by atoms with Crippen molar-refractivity contribution in [1.29, 1.82) is 0 Å². The van der Waals surface area contributed by atoms with Gasteiger partial charge in [-0.1, -0.05) is 18.2 Å². The summed E-state index contributed by atoms with van der Waals surface area (Å²) in [5.74, 6) is 1.97. The maximum absolute atomic E-state index is 14.7. The molecule has 0 saturated carbocycles. The van der Waals surface area contributed by atoms with Crippen LogP contribution in [0.15, 0.2) is 72.8 Å². The molecule has 0 spiro atoms. The predicted octanol–water partition coefficient (Wildman–Crippen LogP) is 5.74. The van der Waals surface area contributed by atoms with Crippen molar-refractivity contribution in [2.75, 3.05) is 48.0 Å². The van der Waals surface area contributed by atoms with Gasteiger partial charge in [0.05, 0.1) is 48.2 Å². The molecule has 1 unspecified atom stereocenters. The second-order valence-electron chi connectivity index (χ2n) is 9.92. The third-order valence-corrected chi connectivity index (χ3v) is 7.57. The van der Waals surface area contributed by atoms with E-state index in [2.05, 4.69) is 5.32 Å². The summed E-state index contributed by atoms with van der Waals surface area (Å²) in [5, 5.41) is 2.99. The Hall–Kier alpha value is -5.38. The first-order valence-electron chi connectivity index (χ1n) is 13.8. The Bertz CT molecular complexity index is 1670. The van der Waals surface area contributed by atoms with Crippen molar-refractivity contribution in [3.63, 3.8) is 0 Å². The molecule has 1 atom stereocenters. The number of carbonyl (C=O) groups excluding carboxylic acids is 2. The zero-order valence-electron chi connectivity index (χ0n) is 25.4. The Morgan fingerprint density at radius 2 is 1.27 bits per heavy atom. The number of carbonyl (C=O) groups is 2. The largest absolute Gasteiger partial charge is 0.497 e. The van der Waals surface area contributed by atoms with Gasteiger partial charge in [0.1, 0.15) is 23.3 Å². The van der Waals surface area contributed by atoms with Gasteiger partial charge in [0.15, 0.2) is 11.5 Å². The van der Waals surface area contributed by atoms with Crippen LogP contribution in [0.4, 0.5) is 5.69 Å². The van der Waals surface area contributed by atoms with Crippen LogP contribution in [0.2, 0.25) is 0 Å². The fourth-order valence-electron chi connectivity index (χ4n) is 5.41. The van der Waals surface area contributed by atoms with Crippen LogP contribution < -0.4 is 33.7 Å². The van der Waals surface area contributed by atoms with Crippen LogP contribution in [0.5, 0.6) is 34.5 Å². The second kappa shape index (κ2) is 12.9. The molecule has 0 aliphatic carbocycles. The first kappa shape index (κ1) is 30.1. The molecule has 4 aromatic carbocycles. The smallest absolute Gasteiger partial charge is 0.256 e. The molecule has 1 aliphatic rings. The second-order valence-corrected chi connectivity index (χ2v) is 9.92. The molecule has 1 aliphatic heterocycles. The summed E-state index contributed by atoms with van der Waals surface area (Å²) in [7, 11) is 9.20. The van der Waals surface area contributed by atoms with E-state index in [1.807, 2.05) is 30.3 Å². The third-order valence-electron chi connectivity index (χ3n) is 7.57. The number of fused-ring (bicyclic) bond motifs is 3. The first-order chi connectivity index (χ1) is 21.4. The molecule has 228 valence electrons. The highest BCUT2D eigenvalue weighted by Gasteiger charge is 2.41. The molecule has 0 bridgehead atoms. The summed E-state index contributed by atoms with van der Waals surface area (Å²) in [6.45, 7) is 0.107. The minimum absolute atomic E-state index is 0.107. The molecule has 2 amide bonds. The minimum Gasteiger partial charge on any atom is -0.497 e. The summed E-state index contributed by atoms with van der Waals surface area (Å²) in [4.78, 5) is 30.6. The Labute approximate surface area is 256 Å². The number of methoxy groups -OCH3 is 6. The molecule has 0 fully saturated rings. The molecule has 10 nitrogen and oxygen atoms in total. The van der Waals surface area contributed by atoms with Crippen LogP contribution >= 0.6 is 0 Å². The van der Waals surface area contributed by atoms with Gasteiger partial charge >= 0.3 is 0 Å². The number of hydrogen-bond donors (Lipinski definition) is 1. The number of ether oxygens (including phenoxy) is 6. The standard InChI is InChI=1S/C34H34N2O8/c1-39-22-11-7-20(8-12-22)19-36-30(33(37)35-21-9-13-23(40-2)14-10-21)26-17-24(41-3)15-16-25(26)29-27(34(36)38)18-28(42-4)31(43-5)32(29)44-6/h7-18,30H,19H2,1-6H3,(H,35,37). The highest BCUT2D eigenvalue weighted by molar-refractivity contribution is 6.10. The van der Waals surface area contributed by atoms with Gasteiger partial charge < -0.3 is 38.6 Å². The lowest BCUT2D eigenvalue weighted by Gasteiger charge is -2.31. The molecule has 4 aromatic rings. The van der Waals surface area contributed by atoms with Gasteiger partial charge in [-0.3, -0.25) is 9.59 Å². The van der Waals surface area contributed by atoms with Gasteiger partial charge in [0.25, 0.3) is 11.8 Å². The highest BCUT2D eigenvalue weighted by atomic mass is 16.5. The normalized spacial score (nSPS) is 13.6. The average Bonchev–Trinajstić information content (AvgIpc) is 3.16. The van der Waals surface area contributed by atoms with Gasteiger partial charge in [0, 0.05) is 17.8 Å². The average molecular weight is 599 g/mol. The number of rotatable bonds is 10. The Balaban J connectivity index is 1.76. The summed E-state index contributed by atoms with van der Waals surface area (Å²) >= 11 is 0. The highest BCUT2D eigenvalue weighted by Crippen LogP contribution is 2.51. The van der Waals surface area contributed by atoms with E-state index in [-0.39, 0.29) is 6.54 Å². The number of amides is 2. The van der Waals surface area contributed by atoms with Crippen LogP contribution in [0.3, 0.4) is 0 Å². The molecule has 5 rings (SSSR count). The zero-order valence-corrected chi connectivity index (χ0v) is 25.4. The molecular weight excluding hydrogens is 564 g/mol. The van der Waals surface area contributed by atoms with E-state index < -0.39 is 17.9 Å². The van der Waals surface area contributed by atoms with E-state index in [9.17, 15) is 9.59 Å². The fourth-order valence-corrected chi connectivity index (χ4v) is 5.41. The molecule has 1 heterocycles. The zero-order chi connectivity index (χ0) is 31.4. The van der Waals surface area contributed by atoms with E-state index in [0.717, 1.165) is 5.56 Å². The van der Waals surface area contributed by atoms with Gasteiger partial charge in [-0.05, 0) is 71.3 Å². The van der Waals surface area contributed by atoms with Crippen molar-refractivity contribution in [1.82, 2.24) is 4.90 Å². The van der Waals surface area contributed by atoms with Crippen molar-refractivity contribution >= 4 is 17.5 Å². The minimum atomic E-state index is -1.08. The van der Waals surface area contributed by atoms with Crippen LogP contribution in [-0.2, 0) is 11.3 Å². The maximum Gasteiger partial charge on any atom is 0.256 e. The molecular formula is C34H34N2O8. The lowest BCUT2D eigenvalue weighted by molar-refractivity contribution is -0.120.